The second kappa shape index (κ2) is 13.1. The smallest absolute Gasteiger partial charge is 0.145 e. The topological polar surface area (TPSA) is 35.6 Å². The SMILES string of the molecule is c1ccc(-c2cc(-c3ccccc3)nc(-c3ccc(-n4c5ccccc5c5c(-c6ccc7c8cccnc8n(-c8ccccc8)c7c6)cccc54)cc3)c2)cc1. The van der Waals surface area contributed by atoms with E-state index in [1.165, 1.54) is 38.4 Å². The van der Waals surface area contributed by atoms with E-state index < -0.39 is 0 Å². The van der Waals surface area contributed by atoms with Gasteiger partial charge < -0.3 is 4.57 Å². The van der Waals surface area contributed by atoms with Gasteiger partial charge in [0.05, 0.1) is 27.9 Å². The van der Waals surface area contributed by atoms with E-state index in [4.69, 9.17) is 9.97 Å². The molecule has 0 amide bonds. The van der Waals surface area contributed by atoms with Crippen LogP contribution in [0.1, 0.15) is 0 Å². The third-order valence-corrected chi connectivity index (χ3v) is 11.0. The van der Waals surface area contributed by atoms with Gasteiger partial charge in [-0.3, -0.25) is 4.57 Å². The first-order valence-corrected chi connectivity index (χ1v) is 19.0. The third kappa shape index (κ3) is 5.23. The zero-order valence-electron chi connectivity index (χ0n) is 30.4. The summed E-state index contributed by atoms with van der Waals surface area (Å²) in [5.74, 6) is 0. The Hall–Kier alpha value is -7.56. The molecule has 0 saturated heterocycles. The number of aromatic nitrogens is 4. The molecule has 7 aromatic carbocycles. The van der Waals surface area contributed by atoms with Crippen LogP contribution >= 0.6 is 0 Å². The van der Waals surface area contributed by atoms with Crippen molar-refractivity contribution in [3.05, 3.63) is 206 Å². The maximum absolute atomic E-state index is 5.19. The van der Waals surface area contributed by atoms with E-state index in [0.29, 0.717) is 0 Å². The maximum atomic E-state index is 5.19. The number of rotatable bonds is 6. The van der Waals surface area contributed by atoms with Crippen molar-refractivity contribution < 1.29 is 0 Å². The largest absolute Gasteiger partial charge is 0.309 e. The molecule has 0 unspecified atom stereocenters. The second-order valence-corrected chi connectivity index (χ2v) is 14.2. The van der Waals surface area contributed by atoms with Crippen molar-refractivity contribution in [1.29, 1.82) is 0 Å². The standard InChI is InChI=1S/C52H34N4/c1-4-14-35(15-5-1)39-32-46(36-16-6-2-7-17-36)54-47(33-39)37-25-28-41(29-26-37)55-48-23-11-10-20-45(48)51-42(21-12-24-49(51)55)38-27-30-43-44-22-13-31-53-52(44)56(50(43)34-38)40-18-8-3-9-19-40/h1-34H. The molecule has 56 heavy (non-hydrogen) atoms. The Labute approximate surface area is 324 Å². The Morgan fingerprint density at radius 3 is 1.71 bits per heavy atom. The average molecular weight is 715 g/mol. The normalized spacial score (nSPS) is 11.6. The van der Waals surface area contributed by atoms with E-state index in [0.717, 1.165) is 61.5 Å². The van der Waals surface area contributed by atoms with Crippen LogP contribution in [0.15, 0.2) is 206 Å². The van der Waals surface area contributed by atoms with Crippen LogP contribution in [0, 0.1) is 0 Å². The van der Waals surface area contributed by atoms with E-state index in [9.17, 15) is 0 Å². The zero-order chi connectivity index (χ0) is 37.0. The number of fused-ring (bicyclic) bond motifs is 6. The molecule has 262 valence electrons. The Kier molecular flexibility index (Phi) is 7.46. The van der Waals surface area contributed by atoms with Crippen LogP contribution in [0.5, 0.6) is 0 Å². The molecular formula is C52H34N4. The van der Waals surface area contributed by atoms with E-state index in [2.05, 4.69) is 197 Å². The van der Waals surface area contributed by atoms with E-state index >= 15 is 0 Å². The Bertz CT molecular complexity index is 3160. The summed E-state index contributed by atoms with van der Waals surface area (Å²) in [5, 5.41) is 4.79. The van der Waals surface area contributed by atoms with Crippen molar-refractivity contribution in [3.63, 3.8) is 0 Å². The predicted molar refractivity (Wildman–Crippen MR) is 232 cm³/mol. The van der Waals surface area contributed by atoms with Gasteiger partial charge in [-0.25, -0.2) is 9.97 Å². The fourth-order valence-electron chi connectivity index (χ4n) is 8.40. The van der Waals surface area contributed by atoms with Crippen LogP contribution in [0.4, 0.5) is 0 Å². The van der Waals surface area contributed by atoms with Gasteiger partial charge in [0, 0.05) is 50.2 Å². The lowest BCUT2D eigenvalue weighted by Crippen LogP contribution is -1.95. The number of nitrogens with zero attached hydrogens (tertiary/aromatic N) is 4. The molecule has 4 heterocycles. The minimum atomic E-state index is 0.944. The molecule has 0 atom stereocenters. The zero-order valence-corrected chi connectivity index (χ0v) is 30.4. The van der Waals surface area contributed by atoms with Crippen LogP contribution in [0.3, 0.4) is 0 Å². The minimum absolute atomic E-state index is 0.944. The summed E-state index contributed by atoms with van der Waals surface area (Å²) >= 11 is 0. The molecule has 4 nitrogen and oxygen atoms in total. The number of benzene rings is 7. The molecule has 0 saturated carbocycles. The average Bonchev–Trinajstić information content (AvgIpc) is 3.80. The number of hydrogen-bond acceptors (Lipinski definition) is 2. The van der Waals surface area contributed by atoms with E-state index in [1.54, 1.807) is 0 Å². The first-order valence-electron chi connectivity index (χ1n) is 19.0. The van der Waals surface area contributed by atoms with Gasteiger partial charge in [0.2, 0.25) is 0 Å². The molecule has 0 aliphatic rings. The van der Waals surface area contributed by atoms with Crippen molar-refractivity contribution >= 4 is 43.7 Å². The van der Waals surface area contributed by atoms with Crippen LogP contribution in [-0.2, 0) is 0 Å². The highest BCUT2D eigenvalue weighted by Crippen LogP contribution is 2.41. The van der Waals surface area contributed by atoms with Crippen LogP contribution in [0.2, 0.25) is 0 Å². The molecule has 11 aromatic rings. The van der Waals surface area contributed by atoms with Crippen LogP contribution in [0.25, 0.3) is 99.9 Å². The summed E-state index contributed by atoms with van der Waals surface area (Å²) < 4.78 is 4.68. The van der Waals surface area contributed by atoms with Crippen molar-refractivity contribution in [1.82, 2.24) is 19.1 Å². The lowest BCUT2D eigenvalue weighted by atomic mass is 9.98. The van der Waals surface area contributed by atoms with Gasteiger partial charge in [-0.2, -0.15) is 0 Å². The Morgan fingerprint density at radius 2 is 0.946 bits per heavy atom. The summed E-state index contributed by atoms with van der Waals surface area (Å²) in [6, 6.07) is 71.2. The second-order valence-electron chi connectivity index (χ2n) is 14.2. The van der Waals surface area contributed by atoms with Crippen molar-refractivity contribution in [2.45, 2.75) is 0 Å². The molecule has 4 aromatic heterocycles. The van der Waals surface area contributed by atoms with Gasteiger partial charge in [-0.15, -0.1) is 0 Å². The first kappa shape index (κ1) is 31.9. The summed E-state index contributed by atoms with van der Waals surface area (Å²) in [4.78, 5) is 10.0. The van der Waals surface area contributed by atoms with Gasteiger partial charge >= 0.3 is 0 Å². The fraction of sp³-hybridized carbons (Fsp3) is 0. The predicted octanol–water partition coefficient (Wildman–Crippen LogP) is 13.3. The van der Waals surface area contributed by atoms with E-state index in [1.807, 2.05) is 18.3 Å². The molecule has 0 spiro atoms. The molecular weight excluding hydrogens is 681 g/mol. The van der Waals surface area contributed by atoms with Gasteiger partial charge in [-0.1, -0.05) is 133 Å². The minimum Gasteiger partial charge on any atom is -0.309 e. The molecule has 0 radical (unpaired) electrons. The van der Waals surface area contributed by atoms with Crippen molar-refractivity contribution in [3.8, 4) is 56.1 Å². The van der Waals surface area contributed by atoms with Gasteiger partial charge in [-0.05, 0) is 89.0 Å². The molecule has 0 bridgehead atoms. The monoisotopic (exact) mass is 714 g/mol. The molecule has 4 heteroatoms. The summed E-state index contributed by atoms with van der Waals surface area (Å²) in [7, 11) is 0. The third-order valence-electron chi connectivity index (χ3n) is 11.0. The van der Waals surface area contributed by atoms with Gasteiger partial charge in [0.1, 0.15) is 5.65 Å². The van der Waals surface area contributed by atoms with Crippen LogP contribution in [-0.4, -0.2) is 19.1 Å². The molecule has 0 N–H and O–H groups in total. The highest BCUT2D eigenvalue weighted by Gasteiger charge is 2.19. The Balaban J connectivity index is 1.06. The Morgan fingerprint density at radius 1 is 0.339 bits per heavy atom. The van der Waals surface area contributed by atoms with Gasteiger partial charge in [0.15, 0.2) is 0 Å². The molecule has 0 aliphatic heterocycles. The quantitative estimate of drug-likeness (QED) is 0.172. The number of pyridine rings is 2. The van der Waals surface area contributed by atoms with E-state index in [-0.39, 0.29) is 0 Å². The molecule has 11 rings (SSSR count). The summed E-state index contributed by atoms with van der Waals surface area (Å²) in [5.41, 5.74) is 15.4. The highest BCUT2D eigenvalue weighted by molar-refractivity contribution is 6.17. The molecule has 0 fully saturated rings. The first-order chi connectivity index (χ1) is 27.8. The lowest BCUT2D eigenvalue weighted by Gasteiger charge is -2.12. The lowest BCUT2D eigenvalue weighted by molar-refractivity contribution is 1.14. The molecule has 0 aliphatic carbocycles. The summed E-state index contributed by atoms with van der Waals surface area (Å²) in [6.45, 7) is 0. The maximum Gasteiger partial charge on any atom is 0.145 e. The number of para-hydroxylation sites is 2. The van der Waals surface area contributed by atoms with Crippen molar-refractivity contribution in [2.75, 3.05) is 0 Å². The summed E-state index contributed by atoms with van der Waals surface area (Å²) in [6.07, 6.45) is 1.88. The number of hydrogen-bond donors (Lipinski definition) is 0. The van der Waals surface area contributed by atoms with Crippen molar-refractivity contribution in [2.24, 2.45) is 0 Å². The fourth-order valence-corrected chi connectivity index (χ4v) is 8.40. The highest BCUT2D eigenvalue weighted by atomic mass is 15.0. The van der Waals surface area contributed by atoms with Crippen LogP contribution < -0.4 is 0 Å². The van der Waals surface area contributed by atoms with Gasteiger partial charge in [0.25, 0.3) is 0 Å².